The largest absolute Gasteiger partial charge is 0.351 e. The summed E-state index contributed by atoms with van der Waals surface area (Å²) in [6.07, 6.45) is 6.69. The van der Waals surface area contributed by atoms with E-state index < -0.39 is 11.8 Å². The maximum atomic E-state index is 12.2. The Bertz CT molecular complexity index is 683. The van der Waals surface area contributed by atoms with E-state index in [4.69, 9.17) is 0 Å². The van der Waals surface area contributed by atoms with Gasteiger partial charge in [-0.15, -0.1) is 0 Å². The Morgan fingerprint density at radius 1 is 0.833 bits per heavy atom. The number of nitrogens with zero attached hydrogens (tertiary/aromatic N) is 2. The monoisotopic (exact) mass is 322 g/mol. The van der Waals surface area contributed by atoms with Crippen LogP contribution in [0.15, 0.2) is 61.2 Å². The molecule has 2 aromatic rings. The molecule has 0 aromatic carbocycles. The average Bonchev–Trinajstić information content (AvgIpc) is 3.30. The van der Waals surface area contributed by atoms with Crippen LogP contribution in [-0.4, -0.2) is 21.8 Å². The van der Waals surface area contributed by atoms with Gasteiger partial charge in [-0.1, -0.05) is 12.2 Å². The minimum atomic E-state index is -0.440. The van der Waals surface area contributed by atoms with Gasteiger partial charge in [0.05, 0.1) is 11.8 Å². The van der Waals surface area contributed by atoms with Gasteiger partial charge in [0.1, 0.15) is 0 Å². The first-order valence-corrected chi connectivity index (χ1v) is 7.68. The smallest absolute Gasteiger partial charge is 0.228 e. The summed E-state index contributed by atoms with van der Waals surface area (Å²) in [5.74, 6) is -1.21. The maximum absolute atomic E-state index is 12.2. The third kappa shape index (κ3) is 3.65. The summed E-state index contributed by atoms with van der Waals surface area (Å²) in [6.45, 7) is 4.67. The second-order valence-electron chi connectivity index (χ2n) is 5.68. The predicted octanol–water partition coefficient (Wildman–Crippen LogP) is 1.21. The molecule has 1 saturated carbocycles. The van der Waals surface area contributed by atoms with Gasteiger partial charge in [-0.05, 0) is 35.4 Å². The highest BCUT2D eigenvalue weighted by molar-refractivity contribution is 5.99. The van der Waals surface area contributed by atoms with Crippen molar-refractivity contribution < 1.29 is 9.59 Å². The van der Waals surface area contributed by atoms with Crippen LogP contribution >= 0.6 is 0 Å². The summed E-state index contributed by atoms with van der Waals surface area (Å²) < 4.78 is 0. The van der Waals surface area contributed by atoms with Crippen molar-refractivity contribution in [3.63, 3.8) is 0 Å². The molecule has 1 aliphatic carbocycles. The molecular formula is C18H18N4O2. The third-order valence-electron chi connectivity index (χ3n) is 4.02. The van der Waals surface area contributed by atoms with Gasteiger partial charge in [0.25, 0.3) is 0 Å². The Balaban J connectivity index is 1.48. The van der Waals surface area contributed by atoms with Crippen molar-refractivity contribution in [2.24, 2.45) is 11.8 Å². The summed E-state index contributed by atoms with van der Waals surface area (Å²) in [6, 6.07) is 7.34. The van der Waals surface area contributed by atoms with E-state index in [2.05, 4.69) is 27.2 Å². The van der Waals surface area contributed by atoms with Crippen molar-refractivity contribution in [3.8, 4) is 0 Å². The molecule has 2 amide bonds. The van der Waals surface area contributed by atoms with Crippen LogP contribution in [0.2, 0.25) is 0 Å². The van der Waals surface area contributed by atoms with Crippen molar-refractivity contribution in [2.45, 2.75) is 13.1 Å². The summed E-state index contributed by atoms with van der Waals surface area (Å²) in [7, 11) is 0. The molecule has 2 heterocycles. The Kier molecular flexibility index (Phi) is 4.65. The van der Waals surface area contributed by atoms with E-state index >= 15 is 0 Å². The number of pyridine rings is 2. The second-order valence-corrected chi connectivity index (χ2v) is 5.68. The van der Waals surface area contributed by atoms with Gasteiger partial charge in [-0.25, -0.2) is 0 Å². The molecule has 6 heteroatoms. The maximum Gasteiger partial charge on any atom is 0.228 e. The van der Waals surface area contributed by atoms with Crippen LogP contribution in [0.4, 0.5) is 0 Å². The summed E-state index contributed by atoms with van der Waals surface area (Å²) in [4.78, 5) is 32.3. The van der Waals surface area contributed by atoms with Gasteiger partial charge in [0.15, 0.2) is 0 Å². The van der Waals surface area contributed by atoms with E-state index in [1.54, 1.807) is 24.8 Å². The van der Waals surface area contributed by atoms with E-state index in [9.17, 15) is 9.59 Å². The van der Waals surface area contributed by atoms with Crippen LogP contribution in [0, 0.1) is 11.8 Å². The zero-order valence-electron chi connectivity index (χ0n) is 13.1. The first kappa shape index (κ1) is 15.9. The molecule has 6 nitrogen and oxygen atoms in total. The first-order chi connectivity index (χ1) is 11.7. The number of carbonyl (C=O) groups is 2. The fraction of sp³-hybridized carbons (Fsp3) is 0.222. The quantitative estimate of drug-likeness (QED) is 0.783. The van der Waals surface area contributed by atoms with E-state index in [1.807, 2.05) is 24.3 Å². The van der Waals surface area contributed by atoms with Gasteiger partial charge >= 0.3 is 0 Å². The molecule has 24 heavy (non-hydrogen) atoms. The number of amides is 2. The summed E-state index contributed by atoms with van der Waals surface area (Å²) in [5, 5.41) is 5.67. The fourth-order valence-electron chi connectivity index (χ4n) is 2.55. The topological polar surface area (TPSA) is 84.0 Å². The van der Waals surface area contributed by atoms with Gasteiger partial charge < -0.3 is 10.6 Å². The third-order valence-corrected chi connectivity index (χ3v) is 4.02. The lowest BCUT2D eigenvalue weighted by Gasteiger charge is -2.06. The highest BCUT2D eigenvalue weighted by Gasteiger charge is 2.52. The highest BCUT2D eigenvalue weighted by Crippen LogP contribution is 2.44. The number of nitrogens with one attached hydrogen (secondary N) is 2. The van der Waals surface area contributed by atoms with Crippen molar-refractivity contribution in [1.29, 1.82) is 0 Å². The van der Waals surface area contributed by atoms with Crippen LogP contribution in [0.1, 0.15) is 11.1 Å². The minimum absolute atomic E-state index is 0.166. The lowest BCUT2D eigenvalue weighted by atomic mass is 10.2. The number of hydrogen-bond acceptors (Lipinski definition) is 4. The minimum Gasteiger partial charge on any atom is -0.351 e. The molecule has 0 saturated heterocycles. The van der Waals surface area contributed by atoms with Crippen LogP contribution < -0.4 is 10.6 Å². The molecule has 0 aliphatic heterocycles. The highest BCUT2D eigenvalue weighted by atomic mass is 16.2. The van der Waals surface area contributed by atoms with Crippen molar-refractivity contribution in [2.75, 3.05) is 0 Å². The second kappa shape index (κ2) is 7.04. The standard InChI is InChI=1S/C18H18N4O2/c1-12-15(17(23)21-10-13-2-6-19-7-3-13)16(12)18(24)22-11-14-4-8-20-9-5-14/h2-9,15-16H,1,10-11H2,(H,21,23)(H,22,24)/t15-,16-/m1/s1. The lowest BCUT2D eigenvalue weighted by molar-refractivity contribution is -0.127. The first-order valence-electron chi connectivity index (χ1n) is 7.68. The number of aromatic nitrogens is 2. The Hall–Kier alpha value is -3.02. The van der Waals surface area contributed by atoms with Gasteiger partial charge in [0, 0.05) is 37.9 Å². The van der Waals surface area contributed by atoms with Crippen molar-refractivity contribution in [1.82, 2.24) is 20.6 Å². The Labute approximate surface area is 140 Å². The molecular weight excluding hydrogens is 304 g/mol. The van der Waals surface area contributed by atoms with E-state index in [-0.39, 0.29) is 11.8 Å². The SMILES string of the molecule is C=C1[C@@H](C(=O)NCc2ccncc2)[C@@H]1C(=O)NCc1ccncc1. The van der Waals surface area contributed by atoms with Crippen molar-refractivity contribution >= 4 is 11.8 Å². The van der Waals surface area contributed by atoms with Gasteiger partial charge in [-0.2, -0.15) is 0 Å². The van der Waals surface area contributed by atoms with Crippen LogP contribution in [0.5, 0.6) is 0 Å². The van der Waals surface area contributed by atoms with Crippen LogP contribution in [-0.2, 0) is 22.7 Å². The van der Waals surface area contributed by atoms with Crippen LogP contribution in [0.3, 0.4) is 0 Å². The molecule has 2 N–H and O–H groups in total. The van der Waals surface area contributed by atoms with Gasteiger partial charge in [-0.3, -0.25) is 19.6 Å². The molecule has 2 aromatic heterocycles. The normalized spacial score (nSPS) is 18.8. The summed E-state index contributed by atoms with van der Waals surface area (Å²) >= 11 is 0. The van der Waals surface area contributed by atoms with Gasteiger partial charge in [0.2, 0.25) is 11.8 Å². The average molecular weight is 322 g/mol. The molecule has 1 aliphatic rings. The molecule has 0 unspecified atom stereocenters. The molecule has 3 rings (SSSR count). The zero-order valence-corrected chi connectivity index (χ0v) is 13.1. The molecule has 122 valence electrons. The predicted molar refractivity (Wildman–Crippen MR) is 88.3 cm³/mol. The Morgan fingerprint density at radius 2 is 1.21 bits per heavy atom. The summed E-state index contributed by atoms with van der Waals surface area (Å²) in [5.41, 5.74) is 2.58. The number of rotatable bonds is 6. The zero-order chi connectivity index (χ0) is 16.9. The number of carbonyl (C=O) groups excluding carboxylic acids is 2. The molecule has 0 bridgehead atoms. The van der Waals surface area contributed by atoms with E-state index in [0.717, 1.165) is 11.1 Å². The fourth-order valence-corrected chi connectivity index (χ4v) is 2.55. The molecule has 0 radical (unpaired) electrons. The Morgan fingerprint density at radius 3 is 1.58 bits per heavy atom. The molecule has 0 spiro atoms. The van der Waals surface area contributed by atoms with Crippen molar-refractivity contribution in [3.05, 3.63) is 72.3 Å². The van der Waals surface area contributed by atoms with Crippen LogP contribution in [0.25, 0.3) is 0 Å². The van der Waals surface area contributed by atoms with E-state index in [1.165, 1.54) is 0 Å². The number of hydrogen-bond donors (Lipinski definition) is 2. The van der Waals surface area contributed by atoms with E-state index in [0.29, 0.717) is 18.7 Å². The molecule has 1 fully saturated rings. The lowest BCUT2D eigenvalue weighted by Crippen LogP contribution is -2.29. The molecule has 2 atom stereocenters.